The molecule has 3 rings (SSSR count). The van der Waals surface area contributed by atoms with E-state index >= 15 is 0 Å². The third kappa shape index (κ3) is 3.65. The third-order valence-corrected chi connectivity index (χ3v) is 9.60. The monoisotopic (exact) mass is 431 g/mol. The predicted octanol–water partition coefficient (Wildman–Crippen LogP) is 2.24. The standard InChI is InChI=1S/C17H22ClN3O4S2/c1-12-17(13(2)20(3)19-12)27(24,25)21-9-8-16(26(22,23)11-10-21)14-6-4-5-7-15(14)18/h4-7,16H,8-11H2,1-3H3. The van der Waals surface area contributed by atoms with E-state index in [9.17, 15) is 16.8 Å². The molecule has 1 aromatic carbocycles. The topological polar surface area (TPSA) is 89.3 Å². The molecule has 0 amide bonds. The number of benzene rings is 1. The Kier molecular flexibility index (Phi) is 5.42. The molecular weight excluding hydrogens is 410 g/mol. The zero-order valence-electron chi connectivity index (χ0n) is 15.4. The first-order valence-corrected chi connectivity index (χ1v) is 12.1. The predicted molar refractivity (Wildman–Crippen MR) is 104 cm³/mol. The van der Waals surface area contributed by atoms with Crippen LogP contribution in [0.15, 0.2) is 29.2 Å². The Labute approximate surface area is 164 Å². The van der Waals surface area contributed by atoms with Crippen LogP contribution in [0.1, 0.15) is 28.6 Å². The fraction of sp³-hybridized carbons (Fsp3) is 0.471. The van der Waals surface area contributed by atoms with Gasteiger partial charge in [-0.15, -0.1) is 0 Å². The number of hydrogen-bond acceptors (Lipinski definition) is 5. The average molecular weight is 432 g/mol. The van der Waals surface area contributed by atoms with Crippen LogP contribution in [-0.4, -0.2) is 49.8 Å². The van der Waals surface area contributed by atoms with E-state index in [2.05, 4.69) is 5.10 Å². The molecule has 2 heterocycles. The van der Waals surface area contributed by atoms with E-state index in [-0.39, 0.29) is 30.2 Å². The molecule has 148 valence electrons. The Hall–Kier alpha value is -1.42. The van der Waals surface area contributed by atoms with E-state index in [0.29, 0.717) is 22.0 Å². The molecule has 1 aromatic heterocycles. The molecule has 1 aliphatic heterocycles. The van der Waals surface area contributed by atoms with Crippen LogP contribution in [0, 0.1) is 13.8 Å². The summed E-state index contributed by atoms with van der Waals surface area (Å²) in [7, 11) is -5.69. The Morgan fingerprint density at radius 1 is 1.19 bits per heavy atom. The van der Waals surface area contributed by atoms with Crippen molar-refractivity contribution in [1.82, 2.24) is 14.1 Å². The molecule has 0 aliphatic carbocycles. The number of hydrogen-bond donors (Lipinski definition) is 0. The van der Waals surface area contributed by atoms with Gasteiger partial charge in [-0.05, 0) is 31.9 Å². The molecule has 10 heteroatoms. The van der Waals surface area contributed by atoms with Crippen molar-refractivity contribution in [2.75, 3.05) is 18.8 Å². The number of sulfonamides is 1. The smallest absolute Gasteiger partial charge is 0.246 e. The molecule has 7 nitrogen and oxygen atoms in total. The van der Waals surface area contributed by atoms with Gasteiger partial charge in [0, 0.05) is 25.2 Å². The van der Waals surface area contributed by atoms with Crippen LogP contribution in [0.2, 0.25) is 5.02 Å². The van der Waals surface area contributed by atoms with Crippen LogP contribution < -0.4 is 0 Å². The Morgan fingerprint density at radius 2 is 1.85 bits per heavy atom. The minimum Gasteiger partial charge on any atom is -0.271 e. The van der Waals surface area contributed by atoms with Gasteiger partial charge in [-0.2, -0.15) is 9.40 Å². The molecular formula is C17H22ClN3O4S2. The second kappa shape index (κ2) is 7.20. The van der Waals surface area contributed by atoms with Crippen molar-refractivity contribution in [3.8, 4) is 0 Å². The van der Waals surface area contributed by atoms with E-state index < -0.39 is 25.1 Å². The molecule has 1 aliphatic rings. The quantitative estimate of drug-likeness (QED) is 0.743. The van der Waals surface area contributed by atoms with Crippen LogP contribution >= 0.6 is 11.6 Å². The normalized spacial score (nSPS) is 21.1. The molecule has 0 radical (unpaired) electrons. The zero-order chi connectivity index (χ0) is 20.0. The lowest BCUT2D eigenvalue weighted by Gasteiger charge is -2.20. The molecule has 2 aromatic rings. The maximum atomic E-state index is 13.2. The molecule has 0 spiro atoms. The summed E-state index contributed by atoms with van der Waals surface area (Å²) in [5.74, 6) is -0.250. The van der Waals surface area contributed by atoms with Gasteiger partial charge in [0.1, 0.15) is 4.90 Å². The van der Waals surface area contributed by atoms with Crippen molar-refractivity contribution < 1.29 is 16.8 Å². The van der Waals surface area contributed by atoms with Gasteiger partial charge in [0.25, 0.3) is 0 Å². The van der Waals surface area contributed by atoms with Gasteiger partial charge in [0.2, 0.25) is 10.0 Å². The van der Waals surface area contributed by atoms with Gasteiger partial charge in [-0.25, -0.2) is 16.8 Å². The van der Waals surface area contributed by atoms with Crippen LogP contribution in [-0.2, 0) is 26.9 Å². The fourth-order valence-electron chi connectivity index (χ4n) is 3.51. The van der Waals surface area contributed by atoms with Crippen molar-refractivity contribution in [3.05, 3.63) is 46.2 Å². The minimum atomic E-state index is -3.84. The van der Waals surface area contributed by atoms with Gasteiger partial charge < -0.3 is 0 Å². The highest BCUT2D eigenvalue weighted by Crippen LogP contribution is 2.35. The average Bonchev–Trinajstić information content (AvgIpc) is 2.74. The number of sulfone groups is 1. The summed E-state index contributed by atoms with van der Waals surface area (Å²) >= 11 is 6.20. The lowest BCUT2D eigenvalue weighted by atomic mass is 10.1. The fourth-order valence-corrected chi connectivity index (χ4v) is 7.63. The maximum absolute atomic E-state index is 13.2. The van der Waals surface area contributed by atoms with Crippen LogP contribution in [0.5, 0.6) is 0 Å². The van der Waals surface area contributed by atoms with Crippen molar-refractivity contribution in [2.24, 2.45) is 7.05 Å². The lowest BCUT2D eigenvalue weighted by Crippen LogP contribution is -2.34. The highest BCUT2D eigenvalue weighted by atomic mass is 35.5. The summed E-state index contributed by atoms with van der Waals surface area (Å²) in [4.78, 5) is 0.151. The van der Waals surface area contributed by atoms with Gasteiger partial charge in [0.15, 0.2) is 9.84 Å². The molecule has 1 saturated heterocycles. The molecule has 27 heavy (non-hydrogen) atoms. The molecule has 1 unspecified atom stereocenters. The molecule has 0 saturated carbocycles. The summed E-state index contributed by atoms with van der Waals surface area (Å²) in [5, 5.41) is 3.73. The molecule has 1 fully saturated rings. The Balaban J connectivity index is 1.97. The summed E-state index contributed by atoms with van der Waals surface area (Å²) in [6.07, 6.45) is 0.156. The summed E-state index contributed by atoms with van der Waals surface area (Å²) < 4.78 is 54.7. The zero-order valence-corrected chi connectivity index (χ0v) is 17.8. The highest BCUT2D eigenvalue weighted by Gasteiger charge is 2.38. The summed E-state index contributed by atoms with van der Waals surface area (Å²) in [5.41, 5.74) is 1.46. The number of rotatable bonds is 3. The van der Waals surface area contributed by atoms with Crippen LogP contribution in [0.3, 0.4) is 0 Å². The van der Waals surface area contributed by atoms with E-state index in [1.54, 1.807) is 45.2 Å². The first kappa shape index (κ1) is 20.3. The Bertz CT molecular complexity index is 1080. The van der Waals surface area contributed by atoms with Crippen molar-refractivity contribution >= 4 is 31.5 Å². The summed E-state index contributed by atoms with van der Waals surface area (Å²) in [6.45, 7) is 3.35. The molecule has 0 bridgehead atoms. The Morgan fingerprint density at radius 3 is 2.44 bits per heavy atom. The first-order chi connectivity index (χ1) is 12.6. The number of halogens is 1. The van der Waals surface area contributed by atoms with Gasteiger partial charge >= 0.3 is 0 Å². The number of aryl methyl sites for hydroxylation is 2. The molecule has 0 N–H and O–H groups in total. The first-order valence-electron chi connectivity index (χ1n) is 8.52. The second-order valence-electron chi connectivity index (χ2n) is 6.69. The second-order valence-corrected chi connectivity index (χ2v) is 11.3. The van der Waals surface area contributed by atoms with E-state index in [1.807, 2.05) is 0 Å². The van der Waals surface area contributed by atoms with Gasteiger partial charge in [0.05, 0.1) is 22.4 Å². The summed E-state index contributed by atoms with van der Waals surface area (Å²) in [6, 6.07) is 6.80. The van der Waals surface area contributed by atoms with Crippen molar-refractivity contribution in [3.63, 3.8) is 0 Å². The van der Waals surface area contributed by atoms with Crippen molar-refractivity contribution in [2.45, 2.75) is 30.4 Å². The lowest BCUT2D eigenvalue weighted by molar-refractivity contribution is 0.427. The minimum absolute atomic E-state index is 0.0839. The maximum Gasteiger partial charge on any atom is 0.246 e. The van der Waals surface area contributed by atoms with Gasteiger partial charge in [-0.3, -0.25) is 4.68 Å². The van der Waals surface area contributed by atoms with Crippen LogP contribution in [0.25, 0.3) is 0 Å². The number of nitrogens with zero attached hydrogens (tertiary/aromatic N) is 3. The third-order valence-electron chi connectivity index (χ3n) is 4.99. The van der Waals surface area contributed by atoms with E-state index in [0.717, 1.165) is 0 Å². The number of aromatic nitrogens is 2. The van der Waals surface area contributed by atoms with E-state index in [1.165, 1.54) is 8.99 Å². The largest absolute Gasteiger partial charge is 0.271 e. The van der Waals surface area contributed by atoms with E-state index in [4.69, 9.17) is 11.6 Å². The SMILES string of the molecule is Cc1nn(C)c(C)c1S(=O)(=O)N1CCC(c2ccccc2Cl)S(=O)(=O)CC1. The van der Waals surface area contributed by atoms with Crippen molar-refractivity contribution in [1.29, 1.82) is 0 Å². The molecule has 1 atom stereocenters. The van der Waals surface area contributed by atoms with Crippen LogP contribution in [0.4, 0.5) is 0 Å². The van der Waals surface area contributed by atoms with Gasteiger partial charge in [-0.1, -0.05) is 29.8 Å². The highest BCUT2D eigenvalue weighted by molar-refractivity contribution is 7.92.